The number of esters is 1. The predicted molar refractivity (Wildman–Crippen MR) is 79.7 cm³/mol. The first-order chi connectivity index (χ1) is 10.5. The highest BCUT2D eigenvalue weighted by Gasteiger charge is 2.12. The summed E-state index contributed by atoms with van der Waals surface area (Å²) in [4.78, 5) is 36.5. The number of amides is 1. The van der Waals surface area contributed by atoms with E-state index < -0.39 is 18.2 Å². The van der Waals surface area contributed by atoms with Crippen molar-refractivity contribution in [3.05, 3.63) is 36.4 Å². The lowest BCUT2D eigenvalue weighted by Gasteiger charge is -2.14. The largest absolute Gasteiger partial charge is 0.456 e. The number of ether oxygens (including phenoxy) is 2. The zero-order valence-corrected chi connectivity index (χ0v) is 12.3. The predicted octanol–water partition coefficient (Wildman–Crippen LogP) is 2.63. The quantitative estimate of drug-likeness (QED) is 0.377. The van der Waals surface area contributed by atoms with Crippen LogP contribution in [0.4, 0.5) is 16.2 Å². The third-order valence-electron chi connectivity index (χ3n) is 2.64. The van der Waals surface area contributed by atoms with E-state index in [-0.39, 0.29) is 6.61 Å². The summed E-state index contributed by atoms with van der Waals surface area (Å²) in [7, 11) is 0. The fraction of sp³-hybridized carbons (Fsp3) is 0.267. The second-order valence-electron chi connectivity index (χ2n) is 4.33. The summed E-state index contributed by atoms with van der Waals surface area (Å²) in [6, 6.07) is 4.89. The Labute approximate surface area is 127 Å². The first-order valence-corrected chi connectivity index (χ1v) is 6.42. The minimum absolute atomic E-state index is 0.101. The summed E-state index contributed by atoms with van der Waals surface area (Å²) in [5, 5.41) is 2.52. The molecule has 7 heteroatoms. The smallest absolute Gasteiger partial charge is 0.411 e. The maximum absolute atomic E-state index is 11.7. The summed E-state index contributed by atoms with van der Waals surface area (Å²) in [5.74, 6) is -0.591. The van der Waals surface area contributed by atoms with Crippen molar-refractivity contribution in [2.45, 2.75) is 20.0 Å². The minimum Gasteiger partial charge on any atom is -0.456 e. The van der Waals surface area contributed by atoms with Gasteiger partial charge in [-0.3, -0.25) is 5.32 Å². The number of carbonyl (C=O) groups is 2. The van der Waals surface area contributed by atoms with E-state index in [0.717, 1.165) is 6.08 Å². The van der Waals surface area contributed by atoms with E-state index in [1.54, 1.807) is 32.0 Å². The molecule has 1 atom stereocenters. The van der Waals surface area contributed by atoms with Gasteiger partial charge >= 0.3 is 12.1 Å². The van der Waals surface area contributed by atoms with Crippen molar-refractivity contribution in [1.82, 2.24) is 0 Å². The van der Waals surface area contributed by atoms with Crippen LogP contribution in [-0.2, 0) is 19.1 Å². The van der Waals surface area contributed by atoms with Crippen molar-refractivity contribution in [3.63, 3.8) is 0 Å². The summed E-state index contributed by atoms with van der Waals surface area (Å²) >= 11 is 0. The first-order valence-electron chi connectivity index (χ1n) is 6.42. The number of aliphatic imine (C=N–C) groups is 1. The molecular formula is C15H16N2O5. The third-order valence-corrected chi connectivity index (χ3v) is 2.64. The van der Waals surface area contributed by atoms with Gasteiger partial charge in [0.25, 0.3) is 0 Å². The number of hydrogen-bond donors (Lipinski definition) is 1. The van der Waals surface area contributed by atoms with E-state index in [9.17, 15) is 14.4 Å². The molecule has 116 valence electrons. The molecule has 0 bridgehead atoms. The summed E-state index contributed by atoms with van der Waals surface area (Å²) in [6.07, 6.45) is 1.17. The van der Waals surface area contributed by atoms with Crippen LogP contribution in [0.15, 0.2) is 35.8 Å². The van der Waals surface area contributed by atoms with Gasteiger partial charge in [-0.05, 0) is 31.5 Å². The number of rotatable bonds is 6. The van der Waals surface area contributed by atoms with E-state index in [0.29, 0.717) is 16.9 Å². The molecule has 22 heavy (non-hydrogen) atoms. The van der Waals surface area contributed by atoms with Crippen LogP contribution >= 0.6 is 0 Å². The number of benzene rings is 1. The van der Waals surface area contributed by atoms with E-state index >= 15 is 0 Å². The van der Waals surface area contributed by atoms with Crippen LogP contribution in [0, 0.1) is 6.92 Å². The van der Waals surface area contributed by atoms with Gasteiger partial charge in [-0.15, -0.1) is 0 Å². The molecular weight excluding hydrogens is 288 g/mol. The van der Waals surface area contributed by atoms with Gasteiger partial charge in [-0.1, -0.05) is 12.6 Å². The van der Waals surface area contributed by atoms with Crippen molar-refractivity contribution >= 4 is 29.5 Å². The molecule has 0 saturated heterocycles. The molecule has 0 saturated carbocycles. The van der Waals surface area contributed by atoms with Gasteiger partial charge in [0.1, 0.15) is 12.7 Å². The second-order valence-corrected chi connectivity index (χ2v) is 4.33. The van der Waals surface area contributed by atoms with Gasteiger partial charge in [0.15, 0.2) is 0 Å². The molecule has 7 nitrogen and oxygen atoms in total. The lowest BCUT2D eigenvalue weighted by molar-refractivity contribution is -0.143. The van der Waals surface area contributed by atoms with Gasteiger partial charge in [0, 0.05) is 11.8 Å². The number of carbonyl (C=O) groups excluding carboxylic acids is 3. The maximum Gasteiger partial charge on any atom is 0.411 e. The highest BCUT2D eigenvalue weighted by atomic mass is 16.6. The lowest BCUT2D eigenvalue weighted by Crippen LogP contribution is -2.24. The highest BCUT2D eigenvalue weighted by Crippen LogP contribution is 2.25. The SMILES string of the molecule is C=CC(=O)OC(C)COC(=O)Nc1cccc(N=C=O)c1C. The Hall–Kier alpha value is -2.92. The van der Waals surface area contributed by atoms with Crippen LogP contribution in [0.25, 0.3) is 0 Å². The van der Waals surface area contributed by atoms with Crippen LogP contribution in [0.2, 0.25) is 0 Å². The van der Waals surface area contributed by atoms with Gasteiger partial charge in [-0.2, -0.15) is 4.99 Å². The number of anilines is 1. The molecule has 0 fully saturated rings. The molecule has 0 aliphatic rings. The average Bonchev–Trinajstić information content (AvgIpc) is 2.49. The number of nitrogens with zero attached hydrogens (tertiary/aromatic N) is 1. The fourth-order valence-electron chi connectivity index (χ4n) is 1.55. The van der Waals surface area contributed by atoms with Gasteiger partial charge in [0.2, 0.25) is 6.08 Å². The molecule has 0 aliphatic carbocycles. The standard InChI is InChI=1S/C15H16N2O5/c1-4-14(19)22-10(2)8-21-15(20)17-13-7-5-6-12(11(13)3)16-9-18/h4-7,10H,1,8H2,2-3H3,(H,17,20). The average molecular weight is 304 g/mol. The van der Waals surface area contributed by atoms with Crippen molar-refractivity contribution in [3.8, 4) is 0 Å². The first kappa shape index (κ1) is 17.1. The highest BCUT2D eigenvalue weighted by molar-refractivity contribution is 5.87. The molecule has 1 rings (SSSR count). The Morgan fingerprint density at radius 1 is 1.50 bits per heavy atom. The van der Waals surface area contributed by atoms with Crippen molar-refractivity contribution in [1.29, 1.82) is 0 Å². The van der Waals surface area contributed by atoms with E-state index in [2.05, 4.69) is 16.9 Å². The Bertz CT molecular complexity index is 620. The number of hydrogen-bond acceptors (Lipinski definition) is 6. The number of isocyanates is 1. The maximum atomic E-state index is 11.7. The van der Waals surface area contributed by atoms with Crippen molar-refractivity contribution < 1.29 is 23.9 Å². The van der Waals surface area contributed by atoms with E-state index in [4.69, 9.17) is 9.47 Å². The molecule has 1 aromatic carbocycles. The Kier molecular flexibility index (Phi) is 6.53. The Morgan fingerprint density at radius 3 is 2.86 bits per heavy atom. The van der Waals surface area contributed by atoms with Crippen LogP contribution in [-0.4, -0.2) is 30.9 Å². The van der Waals surface area contributed by atoms with Crippen LogP contribution in [0.1, 0.15) is 12.5 Å². The Balaban J connectivity index is 2.59. The molecule has 1 unspecified atom stereocenters. The molecule has 1 N–H and O–H groups in total. The number of nitrogens with one attached hydrogen (secondary N) is 1. The van der Waals surface area contributed by atoms with Gasteiger partial charge in [-0.25, -0.2) is 14.4 Å². The molecule has 0 radical (unpaired) electrons. The molecule has 1 aromatic rings. The van der Waals surface area contributed by atoms with E-state index in [1.807, 2.05) is 0 Å². The zero-order chi connectivity index (χ0) is 16.5. The minimum atomic E-state index is -0.711. The molecule has 0 aromatic heterocycles. The van der Waals surface area contributed by atoms with Gasteiger partial charge < -0.3 is 9.47 Å². The fourth-order valence-corrected chi connectivity index (χ4v) is 1.55. The topological polar surface area (TPSA) is 94.1 Å². The molecule has 1 amide bonds. The van der Waals surface area contributed by atoms with Crippen molar-refractivity contribution in [2.24, 2.45) is 4.99 Å². The summed E-state index contributed by atoms with van der Waals surface area (Å²) in [6.45, 7) is 6.44. The lowest BCUT2D eigenvalue weighted by atomic mass is 10.1. The van der Waals surface area contributed by atoms with E-state index in [1.165, 1.54) is 6.08 Å². The summed E-state index contributed by atoms with van der Waals surface area (Å²) in [5.41, 5.74) is 1.47. The van der Waals surface area contributed by atoms with Crippen LogP contribution in [0.3, 0.4) is 0 Å². The normalized spacial score (nSPS) is 10.8. The second kappa shape index (κ2) is 8.39. The van der Waals surface area contributed by atoms with Gasteiger partial charge in [0.05, 0.1) is 5.69 Å². The third kappa shape index (κ3) is 5.22. The molecule has 0 aliphatic heterocycles. The van der Waals surface area contributed by atoms with Crippen LogP contribution in [0.5, 0.6) is 0 Å². The van der Waals surface area contributed by atoms with Crippen LogP contribution < -0.4 is 5.32 Å². The zero-order valence-electron chi connectivity index (χ0n) is 12.3. The molecule has 0 spiro atoms. The summed E-state index contributed by atoms with van der Waals surface area (Å²) < 4.78 is 9.79. The monoisotopic (exact) mass is 304 g/mol. The van der Waals surface area contributed by atoms with Crippen molar-refractivity contribution in [2.75, 3.05) is 11.9 Å². The Morgan fingerprint density at radius 2 is 2.23 bits per heavy atom. The molecule has 0 heterocycles.